The molecule has 8 heteroatoms. The van der Waals surface area contributed by atoms with Gasteiger partial charge in [-0.2, -0.15) is 5.21 Å². The van der Waals surface area contributed by atoms with Crippen LogP contribution in [0.2, 0.25) is 0 Å². The maximum atomic E-state index is 12.1. The van der Waals surface area contributed by atoms with Gasteiger partial charge in [-0.3, -0.25) is 4.79 Å². The van der Waals surface area contributed by atoms with E-state index in [2.05, 4.69) is 37.8 Å². The summed E-state index contributed by atoms with van der Waals surface area (Å²) in [6, 6.07) is -0.199. The molecule has 20 heavy (non-hydrogen) atoms. The van der Waals surface area contributed by atoms with Gasteiger partial charge in [0.15, 0.2) is 5.82 Å². The van der Waals surface area contributed by atoms with Crippen LogP contribution in [0.1, 0.15) is 49.3 Å². The third-order valence-corrected chi connectivity index (χ3v) is 3.87. The zero-order valence-corrected chi connectivity index (χ0v) is 12.4. The van der Waals surface area contributed by atoms with Gasteiger partial charge in [0.2, 0.25) is 5.91 Å². The molecule has 0 bridgehead atoms. The van der Waals surface area contributed by atoms with Gasteiger partial charge in [0, 0.05) is 5.38 Å². The molecule has 2 rings (SSSR count). The fourth-order valence-electron chi connectivity index (χ4n) is 1.87. The van der Waals surface area contributed by atoms with Gasteiger partial charge in [-0.05, 0) is 12.8 Å². The van der Waals surface area contributed by atoms with Gasteiger partial charge < -0.3 is 5.32 Å². The number of nitrogens with one attached hydrogen (secondary N) is 2. The highest BCUT2D eigenvalue weighted by atomic mass is 32.1. The summed E-state index contributed by atoms with van der Waals surface area (Å²) in [5.74, 6) is 0.453. The van der Waals surface area contributed by atoms with Crippen LogP contribution >= 0.6 is 11.3 Å². The van der Waals surface area contributed by atoms with Gasteiger partial charge in [-0.1, -0.05) is 25.5 Å². The number of tetrazole rings is 1. The van der Waals surface area contributed by atoms with Gasteiger partial charge in [-0.15, -0.1) is 21.5 Å². The number of nitrogens with zero attached hydrogens (tertiary/aromatic N) is 4. The average Bonchev–Trinajstić information content (AvgIpc) is 3.09. The molecule has 0 aliphatic rings. The van der Waals surface area contributed by atoms with Gasteiger partial charge in [-0.25, -0.2) is 4.98 Å². The van der Waals surface area contributed by atoms with Crippen LogP contribution < -0.4 is 5.32 Å². The van der Waals surface area contributed by atoms with Crippen molar-refractivity contribution >= 4 is 17.2 Å². The molecule has 0 radical (unpaired) electrons. The second kappa shape index (κ2) is 7.09. The molecule has 2 aromatic heterocycles. The molecule has 0 aromatic carbocycles. The van der Waals surface area contributed by atoms with Crippen LogP contribution in [-0.4, -0.2) is 31.5 Å². The Balaban J connectivity index is 1.94. The lowest BCUT2D eigenvalue weighted by atomic mass is 10.1. The van der Waals surface area contributed by atoms with E-state index in [1.54, 1.807) is 11.3 Å². The number of hydrogen-bond donors (Lipinski definition) is 2. The van der Waals surface area contributed by atoms with Gasteiger partial charge in [0.25, 0.3) is 0 Å². The minimum Gasteiger partial charge on any atom is -0.346 e. The summed E-state index contributed by atoms with van der Waals surface area (Å²) in [7, 11) is 0. The van der Waals surface area contributed by atoms with E-state index in [0.29, 0.717) is 5.82 Å². The summed E-state index contributed by atoms with van der Waals surface area (Å²) in [6.07, 6.45) is 2.89. The number of aryl methyl sites for hydroxylation is 1. The van der Waals surface area contributed by atoms with Crippen LogP contribution in [0.5, 0.6) is 0 Å². The number of carbonyl (C=O) groups excluding carboxylic acids is 1. The van der Waals surface area contributed by atoms with E-state index in [4.69, 9.17) is 0 Å². The molecule has 0 aliphatic heterocycles. The number of rotatable bonds is 7. The summed E-state index contributed by atoms with van der Waals surface area (Å²) < 4.78 is 0. The zero-order valence-electron chi connectivity index (χ0n) is 11.6. The monoisotopic (exact) mass is 294 g/mol. The van der Waals surface area contributed by atoms with E-state index in [0.717, 1.165) is 30.0 Å². The van der Waals surface area contributed by atoms with E-state index in [9.17, 15) is 4.79 Å². The van der Waals surface area contributed by atoms with Crippen molar-refractivity contribution in [2.45, 2.75) is 45.6 Å². The molecule has 0 saturated heterocycles. The zero-order chi connectivity index (χ0) is 14.4. The molecule has 1 unspecified atom stereocenters. The Morgan fingerprint density at radius 2 is 2.35 bits per heavy atom. The summed E-state index contributed by atoms with van der Waals surface area (Å²) in [5, 5.41) is 19.7. The van der Waals surface area contributed by atoms with Crippen molar-refractivity contribution in [2.75, 3.05) is 0 Å². The first kappa shape index (κ1) is 14.6. The van der Waals surface area contributed by atoms with Gasteiger partial charge in [0.05, 0.1) is 23.2 Å². The SMILES string of the molecule is CCCC(NC(=O)Cc1csc(CC)n1)c1nn[nH]n1. The Morgan fingerprint density at radius 1 is 1.50 bits per heavy atom. The quantitative estimate of drug-likeness (QED) is 0.805. The predicted octanol–water partition coefficient (Wildman–Crippen LogP) is 1.42. The Hall–Kier alpha value is -1.83. The summed E-state index contributed by atoms with van der Waals surface area (Å²) in [6.45, 7) is 4.10. The molecule has 0 aliphatic carbocycles. The van der Waals surface area contributed by atoms with E-state index in [1.165, 1.54) is 0 Å². The molecule has 2 aromatic rings. The lowest BCUT2D eigenvalue weighted by Gasteiger charge is -2.13. The first-order valence-electron chi connectivity index (χ1n) is 6.68. The standard InChI is InChI=1S/C12H18N6OS/c1-3-5-9(12-15-17-18-16-12)14-10(19)6-8-7-20-11(4-2)13-8/h7,9H,3-6H2,1-2H3,(H,14,19)(H,15,16,17,18). The van der Waals surface area contributed by atoms with Gasteiger partial charge >= 0.3 is 0 Å². The molecule has 0 spiro atoms. The number of carbonyl (C=O) groups is 1. The Morgan fingerprint density at radius 3 is 2.95 bits per heavy atom. The van der Waals surface area contributed by atoms with E-state index >= 15 is 0 Å². The lowest BCUT2D eigenvalue weighted by Crippen LogP contribution is -2.30. The third-order valence-electron chi connectivity index (χ3n) is 2.83. The van der Waals surface area contributed by atoms with E-state index < -0.39 is 0 Å². The number of aromatic nitrogens is 5. The maximum Gasteiger partial charge on any atom is 0.226 e. The van der Waals surface area contributed by atoms with Crippen molar-refractivity contribution in [3.63, 3.8) is 0 Å². The maximum absolute atomic E-state index is 12.1. The van der Waals surface area contributed by atoms with Crippen molar-refractivity contribution in [3.8, 4) is 0 Å². The second-order valence-electron chi connectivity index (χ2n) is 4.44. The van der Waals surface area contributed by atoms with Crippen LogP contribution in [0.15, 0.2) is 5.38 Å². The molecular weight excluding hydrogens is 276 g/mol. The number of thiazole rings is 1. The van der Waals surface area contributed by atoms with Crippen LogP contribution in [0.4, 0.5) is 0 Å². The fraction of sp³-hybridized carbons (Fsp3) is 0.583. The summed E-state index contributed by atoms with van der Waals surface area (Å²) in [4.78, 5) is 16.5. The summed E-state index contributed by atoms with van der Waals surface area (Å²) >= 11 is 1.59. The highest BCUT2D eigenvalue weighted by molar-refractivity contribution is 7.09. The molecule has 0 saturated carbocycles. The molecule has 7 nitrogen and oxygen atoms in total. The van der Waals surface area contributed by atoms with Crippen LogP contribution in [0.25, 0.3) is 0 Å². The predicted molar refractivity (Wildman–Crippen MR) is 75.2 cm³/mol. The molecule has 2 heterocycles. The van der Waals surface area contributed by atoms with Crippen molar-refractivity contribution in [1.82, 2.24) is 30.9 Å². The minimum absolute atomic E-state index is 0.0683. The van der Waals surface area contributed by atoms with Crippen molar-refractivity contribution in [1.29, 1.82) is 0 Å². The molecule has 1 amide bonds. The average molecular weight is 294 g/mol. The fourth-order valence-corrected chi connectivity index (χ4v) is 2.62. The number of amides is 1. The summed E-state index contributed by atoms with van der Waals surface area (Å²) in [5.41, 5.74) is 0.813. The number of H-pyrrole nitrogens is 1. The van der Waals surface area contributed by atoms with Gasteiger partial charge in [0.1, 0.15) is 0 Å². The van der Waals surface area contributed by atoms with E-state index in [-0.39, 0.29) is 18.4 Å². The highest BCUT2D eigenvalue weighted by Crippen LogP contribution is 2.14. The molecular formula is C12H18N6OS. The second-order valence-corrected chi connectivity index (χ2v) is 5.38. The minimum atomic E-state index is -0.199. The first-order valence-corrected chi connectivity index (χ1v) is 7.56. The van der Waals surface area contributed by atoms with E-state index in [1.807, 2.05) is 12.3 Å². The largest absolute Gasteiger partial charge is 0.346 e. The Labute approximate surface area is 121 Å². The lowest BCUT2D eigenvalue weighted by molar-refractivity contribution is -0.121. The van der Waals surface area contributed by atoms with Crippen LogP contribution in [0, 0.1) is 0 Å². The topological polar surface area (TPSA) is 96.5 Å². The van der Waals surface area contributed by atoms with Crippen molar-refractivity contribution in [2.24, 2.45) is 0 Å². The van der Waals surface area contributed by atoms with Crippen LogP contribution in [-0.2, 0) is 17.6 Å². The van der Waals surface area contributed by atoms with Crippen LogP contribution in [0.3, 0.4) is 0 Å². The Kier molecular flexibility index (Phi) is 5.16. The normalized spacial score (nSPS) is 12.3. The van der Waals surface area contributed by atoms with Crippen molar-refractivity contribution in [3.05, 3.63) is 21.9 Å². The molecule has 1 atom stereocenters. The smallest absolute Gasteiger partial charge is 0.226 e. The Bertz CT molecular complexity index is 538. The third kappa shape index (κ3) is 3.83. The highest BCUT2D eigenvalue weighted by Gasteiger charge is 2.18. The number of aromatic amines is 1. The van der Waals surface area contributed by atoms with Crippen molar-refractivity contribution < 1.29 is 4.79 Å². The number of hydrogen-bond acceptors (Lipinski definition) is 6. The molecule has 2 N–H and O–H groups in total. The molecule has 0 fully saturated rings. The molecule has 108 valence electrons. The first-order chi connectivity index (χ1) is 9.72.